The molecule has 1 aromatic rings. The van der Waals surface area contributed by atoms with Gasteiger partial charge in [0.2, 0.25) is 0 Å². The molecule has 0 aliphatic rings. The molecule has 9 heteroatoms. The van der Waals surface area contributed by atoms with E-state index in [-0.39, 0.29) is 17.0 Å². The highest BCUT2D eigenvalue weighted by atomic mass is 16.6. The average Bonchev–Trinajstić information content (AvgIpc) is 2.43. The molecular formula is C11H12N2O7. The van der Waals surface area contributed by atoms with Crippen LogP contribution in [0.1, 0.15) is 10.4 Å². The number of nitrogens with zero attached hydrogens (tertiary/aromatic N) is 1. The lowest BCUT2D eigenvalue weighted by atomic mass is 10.1. The molecule has 0 fully saturated rings. The molecule has 108 valence electrons. The molecule has 0 spiro atoms. The van der Waals surface area contributed by atoms with Crippen LogP contribution in [0.3, 0.4) is 0 Å². The van der Waals surface area contributed by atoms with E-state index in [0.717, 1.165) is 18.2 Å². The number of methoxy groups -OCH3 is 1. The van der Waals surface area contributed by atoms with Gasteiger partial charge in [-0.05, 0) is 6.07 Å². The number of hydrogen-bond donors (Lipinski definition) is 3. The Morgan fingerprint density at radius 3 is 2.60 bits per heavy atom. The van der Waals surface area contributed by atoms with Crippen LogP contribution in [0.5, 0.6) is 5.75 Å². The van der Waals surface area contributed by atoms with Crippen LogP contribution in [-0.2, 0) is 4.79 Å². The molecule has 1 atom stereocenters. The van der Waals surface area contributed by atoms with E-state index in [1.54, 1.807) is 0 Å². The predicted octanol–water partition coefficient (Wildman–Crippen LogP) is -0.221. The number of non-ortho nitro benzene ring substituents is 1. The van der Waals surface area contributed by atoms with E-state index < -0.39 is 29.4 Å². The molecule has 0 saturated carbocycles. The predicted molar refractivity (Wildman–Crippen MR) is 65.6 cm³/mol. The van der Waals surface area contributed by atoms with Gasteiger partial charge in [-0.3, -0.25) is 14.9 Å². The molecule has 0 heterocycles. The number of amides is 1. The quantitative estimate of drug-likeness (QED) is 0.484. The molecular weight excluding hydrogens is 272 g/mol. The highest BCUT2D eigenvalue weighted by molar-refractivity contribution is 5.99. The number of ether oxygens (including phenoxy) is 1. The summed E-state index contributed by atoms with van der Waals surface area (Å²) in [5.41, 5.74) is -0.340. The van der Waals surface area contributed by atoms with Crippen molar-refractivity contribution in [2.45, 2.75) is 6.04 Å². The first-order valence-electron chi connectivity index (χ1n) is 5.37. The number of carbonyl (C=O) groups is 2. The Morgan fingerprint density at radius 2 is 2.15 bits per heavy atom. The Bertz CT molecular complexity index is 544. The Kier molecular flexibility index (Phi) is 4.98. The van der Waals surface area contributed by atoms with Crippen molar-refractivity contribution in [3.63, 3.8) is 0 Å². The van der Waals surface area contributed by atoms with Gasteiger partial charge in [0.25, 0.3) is 11.6 Å². The van der Waals surface area contributed by atoms with Gasteiger partial charge in [-0.25, -0.2) is 4.79 Å². The van der Waals surface area contributed by atoms with E-state index in [9.17, 15) is 19.7 Å². The van der Waals surface area contributed by atoms with Crippen molar-refractivity contribution in [1.82, 2.24) is 5.32 Å². The third kappa shape index (κ3) is 3.42. The van der Waals surface area contributed by atoms with Crippen molar-refractivity contribution in [3.05, 3.63) is 33.9 Å². The maximum Gasteiger partial charge on any atom is 0.328 e. The second-order valence-corrected chi connectivity index (χ2v) is 3.69. The molecule has 1 amide bonds. The third-order valence-corrected chi connectivity index (χ3v) is 2.43. The smallest absolute Gasteiger partial charge is 0.328 e. The highest BCUT2D eigenvalue weighted by Gasteiger charge is 2.22. The number of rotatable bonds is 6. The number of aliphatic hydroxyl groups is 1. The van der Waals surface area contributed by atoms with Gasteiger partial charge >= 0.3 is 5.97 Å². The number of hydrogen-bond acceptors (Lipinski definition) is 6. The summed E-state index contributed by atoms with van der Waals surface area (Å²) in [4.78, 5) is 32.5. The summed E-state index contributed by atoms with van der Waals surface area (Å²) in [6.45, 7) is -0.781. The van der Waals surface area contributed by atoms with Crippen LogP contribution in [0.25, 0.3) is 0 Å². The van der Waals surface area contributed by atoms with Crippen molar-refractivity contribution in [2.75, 3.05) is 13.7 Å². The third-order valence-electron chi connectivity index (χ3n) is 2.43. The summed E-state index contributed by atoms with van der Waals surface area (Å²) in [7, 11) is 1.22. The summed E-state index contributed by atoms with van der Waals surface area (Å²) < 4.78 is 4.86. The lowest BCUT2D eigenvalue weighted by molar-refractivity contribution is -0.384. The molecule has 20 heavy (non-hydrogen) atoms. The molecule has 0 radical (unpaired) electrons. The average molecular weight is 284 g/mol. The zero-order chi connectivity index (χ0) is 15.3. The van der Waals surface area contributed by atoms with Crippen LogP contribution >= 0.6 is 0 Å². The standard InChI is InChI=1S/C11H12N2O7/c1-20-9-4-6(13(18)19)2-3-7(9)10(15)12-8(5-14)11(16)17/h2-4,8,14H,5H2,1H3,(H,12,15)(H,16,17). The molecule has 0 saturated heterocycles. The van der Waals surface area contributed by atoms with Crippen LogP contribution in [0, 0.1) is 10.1 Å². The molecule has 1 rings (SSSR count). The van der Waals surface area contributed by atoms with E-state index >= 15 is 0 Å². The van der Waals surface area contributed by atoms with Gasteiger partial charge in [-0.15, -0.1) is 0 Å². The van der Waals surface area contributed by atoms with Crippen LogP contribution in [-0.4, -0.2) is 46.8 Å². The fourth-order valence-electron chi connectivity index (χ4n) is 1.40. The maximum absolute atomic E-state index is 11.8. The minimum absolute atomic E-state index is 0.0706. The van der Waals surface area contributed by atoms with Gasteiger partial charge < -0.3 is 20.3 Å². The summed E-state index contributed by atoms with van der Waals surface area (Å²) >= 11 is 0. The van der Waals surface area contributed by atoms with Crippen molar-refractivity contribution in [3.8, 4) is 5.75 Å². The maximum atomic E-state index is 11.8. The van der Waals surface area contributed by atoms with Gasteiger partial charge in [0.1, 0.15) is 5.75 Å². The Labute approximate surface area is 112 Å². The fraction of sp³-hybridized carbons (Fsp3) is 0.273. The first-order chi connectivity index (χ1) is 9.40. The lowest BCUT2D eigenvalue weighted by Gasteiger charge is -2.13. The number of benzene rings is 1. The van der Waals surface area contributed by atoms with Crippen molar-refractivity contribution in [2.24, 2.45) is 0 Å². The van der Waals surface area contributed by atoms with Gasteiger partial charge in [0.05, 0.1) is 30.3 Å². The highest BCUT2D eigenvalue weighted by Crippen LogP contribution is 2.24. The number of aliphatic hydroxyl groups excluding tert-OH is 1. The van der Waals surface area contributed by atoms with Crippen LogP contribution in [0.4, 0.5) is 5.69 Å². The van der Waals surface area contributed by atoms with E-state index in [4.69, 9.17) is 14.9 Å². The molecule has 1 aromatic carbocycles. The molecule has 9 nitrogen and oxygen atoms in total. The van der Waals surface area contributed by atoms with Crippen LogP contribution < -0.4 is 10.1 Å². The first-order valence-corrected chi connectivity index (χ1v) is 5.37. The largest absolute Gasteiger partial charge is 0.496 e. The topological polar surface area (TPSA) is 139 Å². The number of carbonyl (C=O) groups excluding carboxylic acids is 1. The van der Waals surface area contributed by atoms with Crippen molar-refractivity contribution in [1.29, 1.82) is 0 Å². The van der Waals surface area contributed by atoms with Crippen molar-refractivity contribution >= 4 is 17.6 Å². The molecule has 0 aliphatic carbocycles. The minimum atomic E-state index is -1.47. The SMILES string of the molecule is COc1cc([N+](=O)[O-])ccc1C(=O)NC(CO)C(=O)O. The Morgan fingerprint density at radius 1 is 1.50 bits per heavy atom. The van der Waals surface area contributed by atoms with E-state index in [2.05, 4.69) is 5.32 Å². The summed E-state index contributed by atoms with van der Waals surface area (Å²) in [6.07, 6.45) is 0. The number of carboxylic acids is 1. The van der Waals surface area contributed by atoms with E-state index in [1.165, 1.54) is 7.11 Å². The number of nitro benzene ring substituents is 1. The number of nitrogens with one attached hydrogen (secondary N) is 1. The normalized spacial score (nSPS) is 11.5. The Hall–Kier alpha value is -2.68. The molecule has 1 unspecified atom stereocenters. The van der Waals surface area contributed by atoms with Gasteiger partial charge in [-0.1, -0.05) is 0 Å². The van der Waals surface area contributed by atoms with Gasteiger partial charge in [0.15, 0.2) is 6.04 Å². The van der Waals surface area contributed by atoms with E-state index in [0.29, 0.717) is 0 Å². The molecule has 3 N–H and O–H groups in total. The lowest BCUT2D eigenvalue weighted by Crippen LogP contribution is -2.43. The second kappa shape index (κ2) is 6.48. The number of aliphatic carboxylic acids is 1. The van der Waals surface area contributed by atoms with Gasteiger partial charge in [0, 0.05) is 6.07 Å². The number of nitro groups is 1. The fourth-order valence-corrected chi connectivity index (χ4v) is 1.40. The van der Waals surface area contributed by atoms with Gasteiger partial charge in [-0.2, -0.15) is 0 Å². The summed E-state index contributed by atoms with van der Waals surface area (Å²) in [5.74, 6) is -2.29. The molecule has 0 aromatic heterocycles. The zero-order valence-electron chi connectivity index (χ0n) is 10.4. The van der Waals surface area contributed by atoms with Crippen molar-refractivity contribution < 1.29 is 29.5 Å². The van der Waals surface area contributed by atoms with Crippen LogP contribution in [0.2, 0.25) is 0 Å². The first kappa shape index (κ1) is 15.4. The summed E-state index contributed by atoms with van der Waals surface area (Å²) in [6, 6.07) is 1.81. The molecule has 0 bridgehead atoms. The number of carboxylic acid groups (broad SMARTS) is 1. The van der Waals surface area contributed by atoms with E-state index in [1.807, 2.05) is 0 Å². The minimum Gasteiger partial charge on any atom is -0.496 e. The van der Waals surface area contributed by atoms with Crippen LogP contribution in [0.15, 0.2) is 18.2 Å². The zero-order valence-corrected chi connectivity index (χ0v) is 10.4. The second-order valence-electron chi connectivity index (χ2n) is 3.69. The monoisotopic (exact) mass is 284 g/mol. The molecule has 0 aliphatic heterocycles. The Balaban J connectivity index is 3.04. The summed E-state index contributed by atoms with van der Waals surface area (Å²) in [5, 5.41) is 30.2.